The molecule has 114 valence electrons. The lowest BCUT2D eigenvalue weighted by molar-refractivity contribution is 0.757. The van der Waals surface area contributed by atoms with E-state index in [1.54, 1.807) is 11.8 Å². The molecular formula is C17H11Cl2N3S. The molecule has 1 aromatic heterocycles. The average Bonchev–Trinajstić information content (AvgIpc) is 2.99. The smallest absolute Gasteiger partial charge is 0.189 e. The molecule has 6 heteroatoms. The molecule has 0 aliphatic carbocycles. The van der Waals surface area contributed by atoms with Crippen molar-refractivity contribution >= 4 is 40.7 Å². The van der Waals surface area contributed by atoms with Gasteiger partial charge in [-0.3, -0.25) is 0 Å². The van der Waals surface area contributed by atoms with E-state index in [0.29, 0.717) is 0 Å². The number of rotatable bonds is 2. The van der Waals surface area contributed by atoms with E-state index >= 15 is 0 Å². The van der Waals surface area contributed by atoms with Gasteiger partial charge >= 0.3 is 0 Å². The monoisotopic (exact) mass is 359 g/mol. The van der Waals surface area contributed by atoms with E-state index in [4.69, 9.17) is 23.2 Å². The van der Waals surface area contributed by atoms with Crippen LogP contribution < -0.4 is 0 Å². The van der Waals surface area contributed by atoms with Crippen molar-refractivity contribution in [2.45, 2.75) is 5.16 Å². The average molecular weight is 360 g/mol. The molecule has 0 N–H and O–H groups in total. The lowest BCUT2D eigenvalue weighted by Gasteiger charge is -2.12. The molecule has 0 atom stereocenters. The van der Waals surface area contributed by atoms with Crippen LogP contribution in [0.5, 0.6) is 0 Å². The number of aromatic nitrogens is 2. The summed E-state index contributed by atoms with van der Waals surface area (Å²) in [4.78, 5) is 4.65. The van der Waals surface area contributed by atoms with Crippen LogP contribution >= 0.6 is 35.0 Å². The summed E-state index contributed by atoms with van der Waals surface area (Å²) in [6.45, 7) is 0. The Morgan fingerprint density at radius 3 is 2.13 bits per heavy atom. The van der Waals surface area contributed by atoms with Crippen molar-refractivity contribution in [2.24, 2.45) is 5.10 Å². The van der Waals surface area contributed by atoms with Crippen LogP contribution in [-0.4, -0.2) is 21.1 Å². The lowest BCUT2D eigenvalue weighted by Crippen LogP contribution is -2.12. The van der Waals surface area contributed by atoms with E-state index < -0.39 is 0 Å². The van der Waals surface area contributed by atoms with Crippen molar-refractivity contribution in [1.82, 2.24) is 9.66 Å². The summed E-state index contributed by atoms with van der Waals surface area (Å²) in [6, 6.07) is 15.4. The van der Waals surface area contributed by atoms with Crippen molar-refractivity contribution in [3.8, 4) is 11.3 Å². The maximum atomic E-state index is 5.94. The van der Waals surface area contributed by atoms with Gasteiger partial charge in [0.25, 0.3) is 0 Å². The molecule has 4 rings (SSSR count). The van der Waals surface area contributed by atoms with Gasteiger partial charge in [-0.15, -0.1) is 0 Å². The van der Waals surface area contributed by atoms with Crippen LogP contribution in [-0.2, 0) is 0 Å². The molecule has 1 aliphatic rings. The van der Waals surface area contributed by atoms with Gasteiger partial charge in [-0.05, 0) is 29.8 Å². The molecule has 0 saturated carbocycles. The molecule has 23 heavy (non-hydrogen) atoms. The number of fused-ring (bicyclic) bond motifs is 1. The molecule has 0 spiro atoms. The van der Waals surface area contributed by atoms with Crippen molar-refractivity contribution in [2.75, 3.05) is 5.75 Å². The third-order valence-corrected chi connectivity index (χ3v) is 5.00. The Bertz CT molecular complexity index is 883. The fourth-order valence-electron chi connectivity index (χ4n) is 2.36. The first-order valence-electron chi connectivity index (χ1n) is 7.01. The van der Waals surface area contributed by atoms with Crippen LogP contribution in [0.3, 0.4) is 0 Å². The second kappa shape index (κ2) is 6.04. The Balaban J connectivity index is 1.69. The van der Waals surface area contributed by atoms with Gasteiger partial charge in [-0.1, -0.05) is 59.2 Å². The van der Waals surface area contributed by atoms with Crippen molar-refractivity contribution < 1.29 is 0 Å². The van der Waals surface area contributed by atoms with Crippen LogP contribution in [0.2, 0.25) is 10.0 Å². The fourth-order valence-corrected chi connectivity index (χ4v) is 3.49. The number of hydrogen-bond donors (Lipinski definition) is 0. The molecule has 0 bridgehead atoms. The molecule has 3 aromatic rings. The maximum Gasteiger partial charge on any atom is 0.189 e. The van der Waals surface area contributed by atoms with Gasteiger partial charge in [0.1, 0.15) is 0 Å². The topological polar surface area (TPSA) is 30.2 Å². The maximum absolute atomic E-state index is 5.94. The predicted octanol–water partition coefficient (Wildman–Crippen LogP) is 5.22. The lowest BCUT2D eigenvalue weighted by atomic mass is 10.1. The number of halogens is 2. The Morgan fingerprint density at radius 1 is 0.870 bits per heavy atom. The molecule has 2 heterocycles. The van der Waals surface area contributed by atoms with Crippen molar-refractivity contribution in [3.05, 3.63) is 70.3 Å². The molecule has 0 unspecified atom stereocenters. The van der Waals surface area contributed by atoms with Crippen molar-refractivity contribution in [3.63, 3.8) is 0 Å². The van der Waals surface area contributed by atoms with Crippen LogP contribution in [0, 0.1) is 0 Å². The minimum atomic E-state index is 0.718. The van der Waals surface area contributed by atoms with Crippen LogP contribution in [0.1, 0.15) is 5.56 Å². The third-order valence-electron chi connectivity index (χ3n) is 3.54. The van der Waals surface area contributed by atoms with Gasteiger partial charge in [0, 0.05) is 21.4 Å². The third kappa shape index (κ3) is 3.02. The van der Waals surface area contributed by atoms with Crippen LogP contribution in [0.25, 0.3) is 11.3 Å². The zero-order valence-corrected chi connectivity index (χ0v) is 14.2. The van der Waals surface area contributed by atoms with E-state index in [1.165, 1.54) is 0 Å². The molecule has 1 aliphatic heterocycles. The quantitative estimate of drug-likeness (QED) is 0.628. The predicted molar refractivity (Wildman–Crippen MR) is 96.8 cm³/mol. The highest BCUT2D eigenvalue weighted by Crippen LogP contribution is 2.29. The second-order valence-corrected chi connectivity index (χ2v) is 6.92. The number of benzene rings is 2. The molecule has 0 radical (unpaired) electrons. The molecule has 0 fully saturated rings. The highest BCUT2D eigenvalue weighted by atomic mass is 35.5. The van der Waals surface area contributed by atoms with Crippen LogP contribution in [0.15, 0.2) is 65.0 Å². The standard InChI is InChI=1S/C17H11Cl2N3S/c18-13-5-1-11(2-6-13)15-9-22-17(20-15)23-10-16(21-22)12-3-7-14(19)8-4-12/h1-9H,10H2. The minimum absolute atomic E-state index is 0.718. The van der Waals surface area contributed by atoms with Gasteiger partial charge in [0.15, 0.2) is 5.16 Å². The minimum Gasteiger partial charge on any atom is -0.221 e. The zero-order chi connectivity index (χ0) is 15.8. The summed E-state index contributed by atoms with van der Waals surface area (Å²) in [7, 11) is 0. The molecule has 2 aromatic carbocycles. The largest absolute Gasteiger partial charge is 0.221 e. The zero-order valence-electron chi connectivity index (χ0n) is 11.9. The number of hydrogen-bond acceptors (Lipinski definition) is 3. The molecule has 0 saturated heterocycles. The SMILES string of the molecule is Clc1ccc(C2=Nn3cc(-c4ccc(Cl)cc4)nc3SC2)cc1. The number of imidazole rings is 1. The van der Waals surface area contributed by atoms with Gasteiger partial charge in [-0.25, -0.2) is 9.66 Å². The summed E-state index contributed by atoms with van der Waals surface area (Å²) in [5.74, 6) is 0.790. The molecular weight excluding hydrogens is 349 g/mol. The van der Waals surface area contributed by atoms with E-state index in [-0.39, 0.29) is 0 Å². The van der Waals surface area contributed by atoms with Gasteiger partial charge in [-0.2, -0.15) is 5.10 Å². The van der Waals surface area contributed by atoms with Crippen LogP contribution in [0.4, 0.5) is 0 Å². The van der Waals surface area contributed by atoms with E-state index in [9.17, 15) is 0 Å². The Labute approximate surface area is 148 Å². The van der Waals surface area contributed by atoms with Gasteiger partial charge < -0.3 is 0 Å². The first-order chi connectivity index (χ1) is 11.2. The highest BCUT2D eigenvalue weighted by Gasteiger charge is 2.17. The summed E-state index contributed by atoms with van der Waals surface area (Å²) in [5, 5.41) is 7.03. The first-order valence-corrected chi connectivity index (χ1v) is 8.75. The fraction of sp³-hybridized carbons (Fsp3) is 0.0588. The molecule has 0 amide bonds. The number of nitrogens with zero attached hydrogens (tertiary/aromatic N) is 3. The van der Waals surface area contributed by atoms with Crippen molar-refractivity contribution in [1.29, 1.82) is 0 Å². The Hall–Kier alpha value is -1.75. The first kappa shape index (κ1) is 14.8. The van der Waals surface area contributed by atoms with E-state index in [0.717, 1.165) is 43.5 Å². The van der Waals surface area contributed by atoms with E-state index in [1.807, 2.05) is 59.4 Å². The Kier molecular flexibility index (Phi) is 3.89. The summed E-state index contributed by atoms with van der Waals surface area (Å²) in [6.07, 6.45) is 1.95. The summed E-state index contributed by atoms with van der Waals surface area (Å²) < 4.78 is 1.84. The normalized spacial score (nSPS) is 13.6. The second-order valence-electron chi connectivity index (χ2n) is 5.10. The summed E-state index contributed by atoms with van der Waals surface area (Å²) >= 11 is 13.6. The number of thioether (sulfide) groups is 1. The van der Waals surface area contributed by atoms with Gasteiger partial charge in [0.2, 0.25) is 0 Å². The van der Waals surface area contributed by atoms with E-state index in [2.05, 4.69) is 10.1 Å². The Morgan fingerprint density at radius 2 is 1.48 bits per heavy atom. The highest BCUT2D eigenvalue weighted by molar-refractivity contribution is 7.99. The summed E-state index contributed by atoms with van der Waals surface area (Å²) in [5.41, 5.74) is 4.01. The van der Waals surface area contributed by atoms with Gasteiger partial charge in [0.05, 0.1) is 17.6 Å². The molecule has 3 nitrogen and oxygen atoms in total.